The van der Waals surface area contributed by atoms with Crippen molar-refractivity contribution >= 4 is 22.9 Å². The average molecular weight is 283 g/mol. The number of aliphatic hydroxyl groups is 1. The minimum atomic E-state index is -0.698. The first-order valence-electron chi connectivity index (χ1n) is 5.61. The van der Waals surface area contributed by atoms with E-state index < -0.39 is 6.10 Å². The van der Waals surface area contributed by atoms with Crippen molar-refractivity contribution in [1.29, 1.82) is 0 Å². The van der Waals surface area contributed by atoms with Gasteiger partial charge in [0, 0.05) is 10.4 Å². The Morgan fingerprint density at radius 2 is 2.00 bits per heavy atom. The SMILES string of the molecule is COc1ccc(C)cc1C(O)c1cc(C)c(Cl)s1. The zero-order valence-electron chi connectivity index (χ0n) is 10.5. The zero-order valence-corrected chi connectivity index (χ0v) is 12.1. The van der Waals surface area contributed by atoms with Crippen LogP contribution in [-0.2, 0) is 0 Å². The van der Waals surface area contributed by atoms with Gasteiger partial charge in [0.25, 0.3) is 0 Å². The number of hydrogen-bond donors (Lipinski definition) is 1. The maximum atomic E-state index is 10.4. The van der Waals surface area contributed by atoms with Gasteiger partial charge in [-0.2, -0.15) is 0 Å². The van der Waals surface area contributed by atoms with E-state index in [1.54, 1.807) is 7.11 Å². The van der Waals surface area contributed by atoms with Crippen LogP contribution in [0.2, 0.25) is 4.34 Å². The number of thiophene rings is 1. The van der Waals surface area contributed by atoms with Crippen molar-refractivity contribution in [2.75, 3.05) is 7.11 Å². The van der Waals surface area contributed by atoms with Gasteiger partial charge in [-0.25, -0.2) is 0 Å². The fourth-order valence-corrected chi connectivity index (χ4v) is 3.06. The predicted octanol–water partition coefficient (Wildman–Crippen LogP) is 4.11. The monoisotopic (exact) mass is 282 g/mol. The number of methoxy groups -OCH3 is 1. The highest BCUT2D eigenvalue weighted by molar-refractivity contribution is 7.16. The van der Waals surface area contributed by atoms with E-state index in [2.05, 4.69) is 0 Å². The molecule has 0 aliphatic heterocycles. The van der Waals surface area contributed by atoms with E-state index in [4.69, 9.17) is 16.3 Å². The van der Waals surface area contributed by atoms with Crippen LogP contribution in [0.5, 0.6) is 5.75 Å². The quantitative estimate of drug-likeness (QED) is 0.918. The molecule has 1 aromatic carbocycles. The van der Waals surface area contributed by atoms with Gasteiger partial charge >= 0.3 is 0 Å². The molecule has 0 saturated heterocycles. The Kier molecular flexibility index (Phi) is 3.95. The third kappa shape index (κ3) is 2.53. The summed E-state index contributed by atoms with van der Waals surface area (Å²) >= 11 is 7.44. The summed E-state index contributed by atoms with van der Waals surface area (Å²) in [4.78, 5) is 0.835. The average Bonchev–Trinajstić information content (AvgIpc) is 2.68. The molecule has 1 unspecified atom stereocenters. The molecule has 2 rings (SSSR count). The molecule has 1 aromatic heterocycles. The third-order valence-corrected chi connectivity index (χ3v) is 4.43. The molecule has 0 fully saturated rings. The molecule has 0 aliphatic rings. The van der Waals surface area contributed by atoms with Crippen LogP contribution in [0.15, 0.2) is 24.3 Å². The van der Waals surface area contributed by atoms with Gasteiger partial charge in [0.2, 0.25) is 0 Å². The number of halogens is 1. The number of aryl methyl sites for hydroxylation is 2. The van der Waals surface area contributed by atoms with Gasteiger partial charge in [0.15, 0.2) is 0 Å². The molecule has 18 heavy (non-hydrogen) atoms. The topological polar surface area (TPSA) is 29.5 Å². The summed E-state index contributed by atoms with van der Waals surface area (Å²) in [7, 11) is 1.60. The summed E-state index contributed by atoms with van der Waals surface area (Å²) in [6.07, 6.45) is -0.698. The summed E-state index contributed by atoms with van der Waals surface area (Å²) in [6, 6.07) is 7.68. The Bertz CT molecular complexity index is 543. The molecule has 1 N–H and O–H groups in total. The normalized spacial score (nSPS) is 12.5. The van der Waals surface area contributed by atoms with Crippen molar-refractivity contribution in [2.45, 2.75) is 20.0 Å². The molecule has 0 aliphatic carbocycles. The van der Waals surface area contributed by atoms with Gasteiger partial charge < -0.3 is 9.84 Å². The first-order valence-corrected chi connectivity index (χ1v) is 6.80. The lowest BCUT2D eigenvalue weighted by Gasteiger charge is -2.14. The van der Waals surface area contributed by atoms with Gasteiger partial charge in [-0.05, 0) is 37.6 Å². The van der Waals surface area contributed by atoms with Crippen molar-refractivity contribution in [2.24, 2.45) is 0 Å². The summed E-state index contributed by atoms with van der Waals surface area (Å²) in [6.45, 7) is 3.92. The van der Waals surface area contributed by atoms with Crippen LogP contribution < -0.4 is 4.74 Å². The summed E-state index contributed by atoms with van der Waals surface area (Å²) in [5.41, 5.74) is 2.85. The molecule has 0 bridgehead atoms. The van der Waals surface area contributed by atoms with Crippen LogP contribution >= 0.6 is 22.9 Å². The second-order valence-corrected chi connectivity index (χ2v) is 5.94. The van der Waals surface area contributed by atoms with Crippen molar-refractivity contribution in [3.63, 3.8) is 0 Å². The fraction of sp³-hybridized carbons (Fsp3) is 0.286. The van der Waals surface area contributed by atoms with Gasteiger partial charge in [-0.1, -0.05) is 23.2 Å². The van der Waals surface area contributed by atoms with Gasteiger partial charge in [-0.3, -0.25) is 0 Å². The van der Waals surface area contributed by atoms with E-state index in [0.717, 1.165) is 25.9 Å². The Hall–Kier alpha value is -1.03. The first-order chi connectivity index (χ1) is 8.52. The van der Waals surface area contributed by atoms with E-state index >= 15 is 0 Å². The maximum absolute atomic E-state index is 10.4. The largest absolute Gasteiger partial charge is 0.496 e. The number of aliphatic hydroxyl groups excluding tert-OH is 1. The van der Waals surface area contributed by atoms with Gasteiger partial charge in [0.1, 0.15) is 11.9 Å². The van der Waals surface area contributed by atoms with E-state index in [9.17, 15) is 5.11 Å². The number of benzene rings is 1. The Balaban J connectivity index is 2.44. The zero-order chi connectivity index (χ0) is 13.3. The molecule has 4 heteroatoms. The molecule has 0 radical (unpaired) electrons. The highest BCUT2D eigenvalue weighted by Crippen LogP contribution is 2.37. The second kappa shape index (κ2) is 5.31. The fourth-order valence-electron chi connectivity index (χ4n) is 1.84. The minimum absolute atomic E-state index is 0.690. The summed E-state index contributed by atoms with van der Waals surface area (Å²) < 4.78 is 6.01. The van der Waals surface area contributed by atoms with Crippen LogP contribution in [0.1, 0.15) is 27.7 Å². The Morgan fingerprint density at radius 1 is 1.28 bits per heavy atom. The van der Waals surface area contributed by atoms with E-state index in [-0.39, 0.29) is 0 Å². The maximum Gasteiger partial charge on any atom is 0.125 e. The Morgan fingerprint density at radius 3 is 2.56 bits per heavy atom. The van der Waals surface area contributed by atoms with E-state index in [1.807, 2.05) is 38.1 Å². The smallest absolute Gasteiger partial charge is 0.125 e. The third-order valence-electron chi connectivity index (χ3n) is 2.83. The summed E-state index contributed by atoms with van der Waals surface area (Å²) in [5.74, 6) is 0.690. The molecule has 1 heterocycles. The van der Waals surface area contributed by atoms with Crippen LogP contribution in [0.25, 0.3) is 0 Å². The second-order valence-electron chi connectivity index (χ2n) is 4.25. The molecular weight excluding hydrogens is 268 g/mol. The molecule has 0 spiro atoms. The van der Waals surface area contributed by atoms with Crippen LogP contribution in [-0.4, -0.2) is 12.2 Å². The molecule has 0 saturated carbocycles. The minimum Gasteiger partial charge on any atom is -0.496 e. The molecule has 96 valence electrons. The molecule has 2 aromatic rings. The first kappa shape index (κ1) is 13.4. The Labute approximate surface area is 116 Å². The van der Waals surface area contributed by atoms with Crippen molar-refractivity contribution in [3.05, 3.63) is 50.2 Å². The molecule has 1 atom stereocenters. The highest BCUT2D eigenvalue weighted by Gasteiger charge is 2.18. The number of rotatable bonds is 3. The standard InChI is InChI=1S/C14H15ClO2S/c1-8-4-5-11(17-3)10(6-8)13(16)12-7-9(2)14(15)18-12/h4-7,13,16H,1-3H3. The van der Waals surface area contributed by atoms with Crippen molar-refractivity contribution < 1.29 is 9.84 Å². The van der Waals surface area contributed by atoms with Gasteiger partial charge in [0.05, 0.1) is 11.4 Å². The van der Waals surface area contributed by atoms with Crippen LogP contribution in [0, 0.1) is 13.8 Å². The van der Waals surface area contributed by atoms with Crippen molar-refractivity contribution in [1.82, 2.24) is 0 Å². The van der Waals surface area contributed by atoms with E-state index in [1.165, 1.54) is 11.3 Å². The van der Waals surface area contributed by atoms with Crippen LogP contribution in [0.3, 0.4) is 0 Å². The van der Waals surface area contributed by atoms with Gasteiger partial charge in [-0.15, -0.1) is 11.3 Å². The molecular formula is C14H15ClO2S. The van der Waals surface area contributed by atoms with E-state index in [0.29, 0.717) is 5.75 Å². The molecule has 0 amide bonds. The lowest BCUT2D eigenvalue weighted by molar-refractivity contribution is 0.218. The number of ether oxygens (including phenoxy) is 1. The lowest BCUT2D eigenvalue weighted by Crippen LogP contribution is -2.01. The van der Waals surface area contributed by atoms with Crippen molar-refractivity contribution in [3.8, 4) is 5.75 Å². The lowest BCUT2D eigenvalue weighted by atomic mass is 10.0. The molecule has 2 nitrogen and oxygen atoms in total. The summed E-state index contributed by atoms with van der Waals surface area (Å²) in [5, 5.41) is 10.4. The predicted molar refractivity (Wildman–Crippen MR) is 75.9 cm³/mol. The number of hydrogen-bond acceptors (Lipinski definition) is 3. The highest BCUT2D eigenvalue weighted by atomic mass is 35.5. The van der Waals surface area contributed by atoms with Crippen LogP contribution in [0.4, 0.5) is 0 Å².